The molecule has 0 radical (unpaired) electrons. The number of rotatable bonds is 4. The smallest absolute Gasteiger partial charge is 0.0602 e. The van der Waals surface area contributed by atoms with Crippen molar-refractivity contribution in [2.24, 2.45) is 0 Å². The van der Waals surface area contributed by atoms with Crippen LogP contribution < -0.4 is 10.2 Å². The Balaban J connectivity index is 2.13. The summed E-state index contributed by atoms with van der Waals surface area (Å²) in [4.78, 5) is 4.88. The van der Waals surface area contributed by atoms with Crippen LogP contribution in [-0.2, 0) is 0 Å². The third kappa shape index (κ3) is 3.26. The molecule has 2 rings (SSSR count). The third-order valence-electron chi connectivity index (χ3n) is 4.49. The summed E-state index contributed by atoms with van der Waals surface area (Å²) in [6.45, 7) is 6.80. The maximum Gasteiger partial charge on any atom is 0.0602 e. The van der Waals surface area contributed by atoms with E-state index >= 15 is 0 Å². The zero-order chi connectivity index (χ0) is 14.7. The van der Waals surface area contributed by atoms with Crippen LogP contribution in [0.25, 0.3) is 0 Å². The van der Waals surface area contributed by atoms with E-state index in [0.29, 0.717) is 5.92 Å². The zero-order valence-corrected chi connectivity index (χ0v) is 13.6. The quantitative estimate of drug-likeness (QED) is 0.909. The van der Waals surface area contributed by atoms with E-state index in [1.54, 1.807) is 0 Å². The fourth-order valence-corrected chi connectivity index (χ4v) is 3.01. The molecule has 0 saturated carbocycles. The molecule has 0 spiro atoms. The lowest BCUT2D eigenvalue weighted by molar-refractivity contribution is 0.250. The molecule has 1 N–H and O–H groups in total. The van der Waals surface area contributed by atoms with Gasteiger partial charge < -0.3 is 15.1 Å². The van der Waals surface area contributed by atoms with Gasteiger partial charge in [0.1, 0.15) is 0 Å². The first kappa shape index (κ1) is 15.2. The van der Waals surface area contributed by atoms with Crippen molar-refractivity contribution in [1.82, 2.24) is 4.90 Å². The lowest BCUT2D eigenvalue weighted by Gasteiger charge is -2.37. The second kappa shape index (κ2) is 6.49. The molecule has 1 aromatic carbocycles. The highest BCUT2D eigenvalue weighted by Crippen LogP contribution is 2.31. The summed E-state index contributed by atoms with van der Waals surface area (Å²) in [5.74, 6) is 0.579. The Hall–Kier alpha value is -1.22. The highest BCUT2D eigenvalue weighted by molar-refractivity contribution is 5.71. The molecule has 0 bridgehead atoms. The summed E-state index contributed by atoms with van der Waals surface area (Å²) < 4.78 is 0. The van der Waals surface area contributed by atoms with Crippen LogP contribution in [0.2, 0.25) is 0 Å². The van der Waals surface area contributed by atoms with Crippen molar-refractivity contribution < 1.29 is 0 Å². The number of hydrogen-bond donors (Lipinski definition) is 1. The van der Waals surface area contributed by atoms with Crippen molar-refractivity contribution >= 4 is 11.4 Å². The van der Waals surface area contributed by atoms with Crippen molar-refractivity contribution in [2.75, 3.05) is 44.4 Å². The molecular formula is C17H29N3. The standard InChI is InChI=1S/C17H29N3/c1-13(2)14-6-7-17(16(12-14)18-3)20-10-8-15(9-11-20)19(4)5/h6-7,12-13,15,18H,8-11H2,1-5H3. The van der Waals surface area contributed by atoms with Crippen LogP contribution in [0.3, 0.4) is 0 Å². The molecule has 0 aromatic heterocycles. The Morgan fingerprint density at radius 1 is 1.20 bits per heavy atom. The van der Waals surface area contributed by atoms with E-state index in [9.17, 15) is 0 Å². The third-order valence-corrected chi connectivity index (χ3v) is 4.49. The molecule has 0 amide bonds. The first-order valence-electron chi connectivity index (χ1n) is 7.76. The van der Waals surface area contributed by atoms with E-state index in [1.807, 2.05) is 7.05 Å². The normalized spacial score (nSPS) is 17.1. The van der Waals surface area contributed by atoms with Gasteiger partial charge in [0.15, 0.2) is 0 Å². The van der Waals surface area contributed by atoms with Crippen molar-refractivity contribution in [3.8, 4) is 0 Å². The van der Waals surface area contributed by atoms with Crippen LogP contribution in [0, 0.1) is 0 Å². The number of nitrogens with zero attached hydrogens (tertiary/aromatic N) is 2. The van der Waals surface area contributed by atoms with Gasteiger partial charge in [-0.2, -0.15) is 0 Å². The number of anilines is 2. The maximum atomic E-state index is 3.37. The summed E-state index contributed by atoms with van der Waals surface area (Å²) in [5.41, 5.74) is 4.02. The number of piperidine rings is 1. The molecule has 1 aliphatic rings. The first-order chi connectivity index (χ1) is 9.52. The molecule has 1 saturated heterocycles. The predicted octanol–water partition coefficient (Wildman–Crippen LogP) is 3.38. The van der Waals surface area contributed by atoms with E-state index in [4.69, 9.17) is 0 Å². The molecule has 1 aromatic rings. The van der Waals surface area contributed by atoms with Crippen molar-refractivity contribution in [1.29, 1.82) is 0 Å². The Morgan fingerprint density at radius 3 is 2.35 bits per heavy atom. The molecule has 0 atom stereocenters. The minimum Gasteiger partial charge on any atom is -0.386 e. The second-order valence-electron chi connectivity index (χ2n) is 6.36. The molecule has 3 nitrogen and oxygen atoms in total. The van der Waals surface area contributed by atoms with Crippen LogP contribution in [0.5, 0.6) is 0 Å². The molecule has 20 heavy (non-hydrogen) atoms. The Kier molecular flexibility index (Phi) is 4.92. The van der Waals surface area contributed by atoms with Gasteiger partial charge in [-0.25, -0.2) is 0 Å². The van der Waals surface area contributed by atoms with Crippen molar-refractivity contribution in [2.45, 2.75) is 38.6 Å². The highest BCUT2D eigenvalue weighted by atomic mass is 15.2. The number of nitrogens with one attached hydrogen (secondary N) is 1. The average molecular weight is 275 g/mol. The van der Waals surface area contributed by atoms with Gasteiger partial charge in [-0.3, -0.25) is 0 Å². The molecule has 3 heteroatoms. The summed E-state index contributed by atoms with van der Waals surface area (Å²) in [6.07, 6.45) is 2.50. The molecule has 1 heterocycles. The van der Waals surface area contributed by atoms with Gasteiger partial charge in [0, 0.05) is 26.2 Å². The lowest BCUT2D eigenvalue weighted by Crippen LogP contribution is -2.42. The number of benzene rings is 1. The molecule has 0 unspecified atom stereocenters. The molecule has 1 fully saturated rings. The van der Waals surface area contributed by atoms with E-state index in [2.05, 4.69) is 61.3 Å². The van der Waals surface area contributed by atoms with Gasteiger partial charge in [0.25, 0.3) is 0 Å². The average Bonchev–Trinajstić information content (AvgIpc) is 2.46. The monoisotopic (exact) mass is 275 g/mol. The minimum absolute atomic E-state index is 0.579. The highest BCUT2D eigenvalue weighted by Gasteiger charge is 2.22. The topological polar surface area (TPSA) is 18.5 Å². The van der Waals surface area contributed by atoms with Crippen LogP contribution in [0.1, 0.15) is 38.2 Å². The van der Waals surface area contributed by atoms with Gasteiger partial charge in [-0.1, -0.05) is 19.9 Å². The van der Waals surface area contributed by atoms with E-state index < -0.39 is 0 Å². The Bertz CT molecular complexity index is 432. The van der Waals surface area contributed by atoms with Gasteiger partial charge in [-0.15, -0.1) is 0 Å². The summed E-state index contributed by atoms with van der Waals surface area (Å²) in [7, 11) is 6.41. The fraction of sp³-hybridized carbons (Fsp3) is 0.647. The largest absolute Gasteiger partial charge is 0.386 e. The van der Waals surface area contributed by atoms with Gasteiger partial charge in [0.2, 0.25) is 0 Å². The minimum atomic E-state index is 0.579. The molecule has 112 valence electrons. The van der Waals surface area contributed by atoms with E-state index in [-0.39, 0.29) is 0 Å². The van der Waals surface area contributed by atoms with Crippen molar-refractivity contribution in [3.05, 3.63) is 23.8 Å². The molecule has 1 aliphatic heterocycles. The van der Waals surface area contributed by atoms with Gasteiger partial charge in [0.05, 0.1) is 11.4 Å². The first-order valence-corrected chi connectivity index (χ1v) is 7.76. The molecular weight excluding hydrogens is 246 g/mol. The fourth-order valence-electron chi connectivity index (χ4n) is 3.01. The summed E-state index contributed by atoms with van der Waals surface area (Å²) in [6, 6.07) is 7.60. The summed E-state index contributed by atoms with van der Waals surface area (Å²) >= 11 is 0. The maximum absolute atomic E-state index is 3.37. The van der Waals surface area contributed by atoms with E-state index in [1.165, 1.54) is 29.8 Å². The van der Waals surface area contributed by atoms with Crippen LogP contribution in [-0.4, -0.2) is 45.2 Å². The predicted molar refractivity (Wildman–Crippen MR) is 89.0 cm³/mol. The van der Waals surface area contributed by atoms with Crippen LogP contribution in [0.15, 0.2) is 18.2 Å². The zero-order valence-electron chi connectivity index (χ0n) is 13.6. The summed E-state index contributed by atoms with van der Waals surface area (Å²) in [5, 5.41) is 3.37. The lowest BCUT2D eigenvalue weighted by atomic mass is 9.99. The van der Waals surface area contributed by atoms with Crippen LogP contribution in [0.4, 0.5) is 11.4 Å². The van der Waals surface area contributed by atoms with Gasteiger partial charge in [-0.05, 0) is 50.6 Å². The van der Waals surface area contributed by atoms with Gasteiger partial charge >= 0.3 is 0 Å². The molecule has 0 aliphatic carbocycles. The van der Waals surface area contributed by atoms with Crippen LogP contribution >= 0.6 is 0 Å². The van der Waals surface area contributed by atoms with E-state index in [0.717, 1.165) is 19.1 Å². The SMILES string of the molecule is CNc1cc(C(C)C)ccc1N1CCC(N(C)C)CC1. The Morgan fingerprint density at radius 2 is 1.85 bits per heavy atom. The number of hydrogen-bond acceptors (Lipinski definition) is 3. The Labute approximate surface area is 124 Å². The second-order valence-corrected chi connectivity index (χ2v) is 6.36. The van der Waals surface area contributed by atoms with Crippen molar-refractivity contribution in [3.63, 3.8) is 0 Å².